The zero-order valence-corrected chi connectivity index (χ0v) is 12.8. The molecule has 0 spiro atoms. The molecule has 0 aliphatic carbocycles. The maximum atomic E-state index is 11.6. The van der Waals surface area contributed by atoms with E-state index in [0.29, 0.717) is 24.4 Å². The molecule has 112 valence electrons. The molecule has 0 fully saturated rings. The van der Waals surface area contributed by atoms with Crippen molar-refractivity contribution in [3.8, 4) is 0 Å². The van der Waals surface area contributed by atoms with Crippen LogP contribution >= 0.6 is 0 Å². The van der Waals surface area contributed by atoms with Crippen LogP contribution in [0.2, 0.25) is 0 Å². The first-order chi connectivity index (χ1) is 9.95. The third-order valence-electron chi connectivity index (χ3n) is 3.42. The number of rotatable bonds is 5. The monoisotopic (exact) mass is 286 g/mol. The third-order valence-corrected chi connectivity index (χ3v) is 3.42. The summed E-state index contributed by atoms with van der Waals surface area (Å²) in [5.74, 6) is 0.483. The molecule has 1 aromatic heterocycles. The summed E-state index contributed by atoms with van der Waals surface area (Å²) in [6.45, 7) is 6.51. The number of carbonyl (C=O) groups excluding carboxylic acids is 1. The predicted octanol–water partition coefficient (Wildman–Crippen LogP) is 2.54. The second-order valence-electron chi connectivity index (χ2n) is 5.90. The number of H-pyrrole nitrogens is 1. The van der Waals surface area contributed by atoms with Gasteiger partial charge in [0.15, 0.2) is 0 Å². The maximum Gasteiger partial charge on any atom is 0.251 e. The molecule has 4 nitrogen and oxygen atoms in total. The molecule has 2 N–H and O–H groups in total. The third kappa shape index (κ3) is 4.18. The minimum Gasteiger partial charge on any atom is -0.356 e. The van der Waals surface area contributed by atoms with E-state index in [1.54, 1.807) is 6.92 Å². The van der Waals surface area contributed by atoms with Crippen molar-refractivity contribution in [3.63, 3.8) is 0 Å². The number of nitrogens with one attached hydrogen (secondary N) is 2. The molecule has 0 aliphatic heterocycles. The first-order valence-corrected chi connectivity index (χ1v) is 7.35. The predicted molar refractivity (Wildman–Crippen MR) is 85.5 cm³/mol. The first kappa shape index (κ1) is 15.3. The maximum absolute atomic E-state index is 11.6. The highest BCUT2D eigenvalue weighted by atomic mass is 16.1. The number of aryl methyl sites for hydroxylation is 1. The van der Waals surface area contributed by atoms with E-state index in [9.17, 15) is 9.59 Å². The van der Waals surface area contributed by atoms with Crippen LogP contribution in [0.4, 0.5) is 0 Å². The minimum atomic E-state index is -0.0452. The topological polar surface area (TPSA) is 62.0 Å². The van der Waals surface area contributed by atoms with E-state index >= 15 is 0 Å². The Hall–Kier alpha value is -2.10. The minimum absolute atomic E-state index is 0.0452. The van der Waals surface area contributed by atoms with Crippen LogP contribution in [-0.4, -0.2) is 17.4 Å². The van der Waals surface area contributed by atoms with Crippen molar-refractivity contribution in [2.24, 2.45) is 5.92 Å². The smallest absolute Gasteiger partial charge is 0.251 e. The number of aromatic amines is 1. The van der Waals surface area contributed by atoms with Crippen LogP contribution in [0.15, 0.2) is 29.1 Å². The molecule has 21 heavy (non-hydrogen) atoms. The molecule has 1 amide bonds. The van der Waals surface area contributed by atoms with Gasteiger partial charge in [0.25, 0.3) is 5.56 Å². The number of aromatic nitrogens is 1. The van der Waals surface area contributed by atoms with Crippen molar-refractivity contribution in [2.45, 2.75) is 33.6 Å². The van der Waals surface area contributed by atoms with Crippen molar-refractivity contribution >= 4 is 16.8 Å². The van der Waals surface area contributed by atoms with Gasteiger partial charge in [-0.25, -0.2) is 0 Å². The van der Waals surface area contributed by atoms with Gasteiger partial charge in [0.1, 0.15) is 0 Å². The van der Waals surface area contributed by atoms with Crippen LogP contribution in [0.1, 0.15) is 31.4 Å². The Morgan fingerprint density at radius 1 is 1.29 bits per heavy atom. The summed E-state index contributed by atoms with van der Waals surface area (Å²) < 4.78 is 0. The summed E-state index contributed by atoms with van der Waals surface area (Å²) in [4.78, 5) is 26.0. The van der Waals surface area contributed by atoms with Crippen LogP contribution in [-0.2, 0) is 11.2 Å². The van der Waals surface area contributed by atoms with Crippen molar-refractivity contribution in [1.82, 2.24) is 10.3 Å². The van der Waals surface area contributed by atoms with Crippen LogP contribution in [0.3, 0.4) is 0 Å². The van der Waals surface area contributed by atoms with Crippen molar-refractivity contribution in [2.75, 3.05) is 6.54 Å². The lowest BCUT2D eigenvalue weighted by Crippen LogP contribution is -2.26. The second-order valence-corrected chi connectivity index (χ2v) is 5.90. The molecule has 4 heteroatoms. The van der Waals surface area contributed by atoms with E-state index < -0.39 is 0 Å². The van der Waals surface area contributed by atoms with Crippen LogP contribution in [0.25, 0.3) is 10.9 Å². The van der Waals surface area contributed by atoms with E-state index in [4.69, 9.17) is 0 Å². The van der Waals surface area contributed by atoms with Gasteiger partial charge in [-0.3, -0.25) is 9.59 Å². The number of pyridine rings is 1. The fraction of sp³-hybridized carbons (Fsp3) is 0.412. The van der Waals surface area contributed by atoms with Crippen LogP contribution < -0.4 is 10.9 Å². The lowest BCUT2D eigenvalue weighted by molar-refractivity contribution is -0.121. The van der Waals surface area contributed by atoms with Crippen molar-refractivity contribution in [3.05, 3.63) is 45.7 Å². The van der Waals surface area contributed by atoms with Gasteiger partial charge in [-0.2, -0.15) is 0 Å². The van der Waals surface area contributed by atoms with Gasteiger partial charge in [0.05, 0.1) is 0 Å². The molecule has 0 unspecified atom stereocenters. The Balaban J connectivity index is 2.01. The zero-order valence-electron chi connectivity index (χ0n) is 12.8. The van der Waals surface area contributed by atoms with E-state index in [2.05, 4.69) is 16.4 Å². The number of hydrogen-bond donors (Lipinski definition) is 2. The van der Waals surface area contributed by atoms with E-state index in [-0.39, 0.29) is 11.5 Å². The van der Waals surface area contributed by atoms with Crippen molar-refractivity contribution < 1.29 is 4.79 Å². The molecule has 1 heterocycles. The van der Waals surface area contributed by atoms with Gasteiger partial charge in [-0.05, 0) is 48.4 Å². The average molecular weight is 286 g/mol. The van der Waals surface area contributed by atoms with Gasteiger partial charge in [0, 0.05) is 24.0 Å². The molecule has 0 radical (unpaired) electrons. The summed E-state index contributed by atoms with van der Waals surface area (Å²) in [7, 11) is 0. The lowest BCUT2D eigenvalue weighted by Gasteiger charge is -2.08. The fourth-order valence-corrected chi connectivity index (χ4v) is 2.31. The molecule has 0 saturated heterocycles. The SMILES string of the molecule is Cc1cc2cc(CCNC(=O)CC(C)C)ccc2[nH]c1=O. The molecule has 0 saturated carbocycles. The average Bonchev–Trinajstić information content (AvgIpc) is 2.39. The van der Waals surface area contributed by atoms with E-state index in [0.717, 1.165) is 22.9 Å². The zero-order chi connectivity index (χ0) is 15.4. The molecule has 0 aliphatic rings. The molecule has 0 atom stereocenters. The van der Waals surface area contributed by atoms with Crippen molar-refractivity contribution in [1.29, 1.82) is 0 Å². The summed E-state index contributed by atoms with van der Waals surface area (Å²) in [6.07, 6.45) is 1.36. The normalized spacial score (nSPS) is 11.0. The molecule has 1 aromatic carbocycles. The van der Waals surface area contributed by atoms with Gasteiger partial charge in [-0.15, -0.1) is 0 Å². The summed E-state index contributed by atoms with van der Waals surface area (Å²) in [6, 6.07) is 7.87. The molecule has 2 rings (SSSR count). The number of hydrogen-bond acceptors (Lipinski definition) is 2. The number of carbonyl (C=O) groups is 1. The van der Waals surface area contributed by atoms with E-state index in [1.165, 1.54) is 0 Å². The number of amides is 1. The molecule has 2 aromatic rings. The summed E-state index contributed by atoms with van der Waals surface area (Å²) >= 11 is 0. The Kier molecular flexibility index (Phi) is 4.78. The van der Waals surface area contributed by atoms with E-state index in [1.807, 2.05) is 32.0 Å². The quantitative estimate of drug-likeness (QED) is 0.887. The van der Waals surface area contributed by atoms with Gasteiger partial charge >= 0.3 is 0 Å². The Morgan fingerprint density at radius 3 is 2.76 bits per heavy atom. The Morgan fingerprint density at radius 2 is 2.05 bits per heavy atom. The Bertz CT molecular complexity index is 701. The largest absolute Gasteiger partial charge is 0.356 e. The number of fused-ring (bicyclic) bond motifs is 1. The van der Waals surface area contributed by atoms with Crippen LogP contribution in [0.5, 0.6) is 0 Å². The molecular weight excluding hydrogens is 264 g/mol. The molecular formula is C17H22N2O2. The summed E-state index contributed by atoms with van der Waals surface area (Å²) in [5.41, 5.74) is 2.66. The highest BCUT2D eigenvalue weighted by Crippen LogP contribution is 2.13. The van der Waals surface area contributed by atoms with Gasteiger partial charge < -0.3 is 10.3 Å². The highest BCUT2D eigenvalue weighted by molar-refractivity contribution is 5.79. The van der Waals surface area contributed by atoms with Gasteiger partial charge in [0.2, 0.25) is 5.91 Å². The standard InChI is InChI=1S/C17H22N2O2/c1-11(2)8-16(20)18-7-6-13-4-5-15-14(10-13)9-12(3)17(21)19-15/h4-5,9-11H,6-8H2,1-3H3,(H,18,20)(H,19,21). The fourth-order valence-electron chi connectivity index (χ4n) is 2.31. The highest BCUT2D eigenvalue weighted by Gasteiger charge is 2.04. The Labute approximate surface area is 124 Å². The second kappa shape index (κ2) is 6.57. The number of benzene rings is 1. The van der Waals surface area contributed by atoms with Crippen LogP contribution in [0, 0.1) is 12.8 Å². The summed E-state index contributed by atoms with van der Waals surface area (Å²) in [5, 5.41) is 3.96. The first-order valence-electron chi connectivity index (χ1n) is 7.35. The van der Waals surface area contributed by atoms with Gasteiger partial charge in [-0.1, -0.05) is 19.9 Å². The lowest BCUT2D eigenvalue weighted by atomic mass is 10.1. The molecule has 0 bridgehead atoms.